The average molecular weight is 467 g/mol. The Morgan fingerprint density at radius 3 is 1.38 bits per heavy atom. The molecular weight excluding hydrogens is 432 g/mol. The molecule has 0 aliphatic heterocycles. The van der Waals surface area contributed by atoms with Crippen molar-refractivity contribution in [2.24, 2.45) is 11.8 Å². The number of aryl methyl sites for hydroxylation is 2. The van der Waals surface area contributed by atoms with E-state index in [1.807, 2.05) is 64.1 Å². The van der Waals surface area contributed by atoms with Crippen molar-refractivity contribution in [2.45, 2.75) is 54.4 Å². The van der Waals surface area contributed by atoms with Crippen molar-refractivity contribution >= 4 is 33.9 Å². The molecule has 0 aliphatic rings. The molecule has 0 spiro atoms. The summed E-state index contributed by atoms with van der Waals surface area (Å²) < 4.78 is 22.1. The Bertz CT molecular complexity index is 1090. The third-order valence-electron chi connectivity index (χ3n) is 5.45. The molecule has 0 radical (unpaired) electrons. The second-order valence-electron chi connectivity index (χ2n) is 9.19. The number of benzene rings is 3. The molecule has 0 aromatic heterocycles. The molecule has 3 rings (SSSR count). The Kier molecular flexibility index (Phi) is 8.37. The van der Waals surface area contributed by atoms with Crippen LogP contribution in [0.2, 0.25) is 0 Å². The average Bonchev–Trinajstić information content (AvgIpc) is 2.82. The van der Waals surface area contributed by atoms with Gasteiger partial charge < -0.3 is 18.9 Å². The van der Waals surface area contributed by atoms with Crippen molar-refractivity contribution in [1.82, 2.24) is 0 Å². The van der Waals surface area contributed by atoms with Crippen LogP contribution in [0, 0.1) is 11.8 Å². The summed E-state index contributed by atoms with van der Waals surface area (Å²) >= 11 is 0. The summed E-state index contributed by atoms with van der Waals surface area (Å²) in [5, 5.41) is 2.66. The van der Waals surface area contributed by atoms with Crippen LogP contribution in [0.1, 0.15) is 52.7 Å². The first kappa shape index (κ1) is 25.3. The zero-order chi connectivity index (χ0) is 24.8. The summed E-state index contributed by atoms with van der Waals surface area (Å²) in [6.45, 7) is 12.5. The van der Waals surface area contributed by atoms with Gasteiger partial charge in [0.2, 0.25) is 0 Å². The Morgan fingerprint density at radius 2 is 1.06 bits per heavy atom. The minimum absolute atomic E-state index is 0.187. The van der Waals surface area contributed by atoms with Crippen molar-refractivity contribution in [3.8, 4) is 11.5 Å². The molecule has 182 valence electrons. The molecule has 0 N–H and O–H groups in total. The van der Waals surface area contributed by atoms with Gasteiger partial charge in [-0.3, -0.25) is 0 Å². The van der Waals surface area contributed by atoms with Crippen LogP contribution < -0.4 is 9.47 Å². The predicted octanol–water partition coefficient (Wildman–Crippen LogP) is 7.46. The summed E-state index contributed by atoms with van der Waals surface area (Å²) in [5.74, 6) is 1.15. The van der Waals surface area contributed by atoms with Crippen LogP contribution in [-0.2, 0) is 22.3 Å². The van der Waals surface area contributed by atoms with Crippen LogP contribution in [0.15, 0.2) is 36.4 Å². The number of hydrogen-bond acceptors (Lipinski definition) is 6. The summed E-state index contributed by atoms with van der Waals surface area (Å²) in [7, 11) is 0. The predicted molar refractivity (Wildman–Crippen MR) is 134 cm³/mol. The van der Waals surface area contributed by atoms with Gasteiger partial charge in [-0.25, -0.2) is 9.59 Å². The second kappa shape index (κ2) is 11.2. The molecule has 0 bridgehead atoms. The molecule has 0 unspecified atom stereocenters. The van der Waals surface area contributed by atoms with Crippen LogP contribution in [0.5, 0.6) is 11.5 Å². The monoisotopic (exact) mass is 466 g/mol. The lowest BCUT2D eigenvalue weighted by Gasteiger charge is -2.18. The highest BCUT2D eigenvalue weighted by atomic mass is 16.7. The fourth-order valence-corrected chi connectivity index (χ4v) is 3.81. The number of carbonyl (C=O) groups is 2. The van der Waals surface area contributed by atoms with Crippen LogP contribution in [-0.4, -0.2) is 25.5 Å². The molecule has 0 amide bonds. The minimum atomic E-state index is -0.761. The van der Waals surface area contributed by atoms with Crippen LogP contribution >= 0.6 is 0 Å². The molecular formula is C28H34O6. The summed E-state index contributed by atoms with van der Waals surface area (Å²) in [6.07, 6.45) is 0.108. The first-order valence-electron chi connectivity index (χ1n) is 11.9. The highest BCUT2D eigenvalue weighted by Gasteiger charge is 2.22. The van der Waals surface area contributed by atoms with E-state index in [2.05, 4.69) is 13.8 Å². The van der Waals surface area contributed by atoms with Crippen molar-refractivity contribution in [1.29, 1.82) is 0 Å². The Labute approximate surface area is 201 Å². The molecule has 6 nitrogen and oxygen atoms in total. The first-order valence-corrected chi connectivity index (χ1v) is 11.9. The summed E-state index contributed by atoms with van der Waals surface area (Å²) in [4.78, 5) is 25.1. The van der Waals surface area contributed by atoms with Gasteiger partial charge in [-0.2, -0.15) is 0 Å². The van der Waals surface area contributed by atoms with Gasteiger partial charge in [-0.1, -0.05) is 65.8 Å². The molecule has 3 aromatic rings. The fourth-order valence-electron chi connectivity index (χ4n) is 3.81. The normalized spacial score (nSPS) is 11.3. The summed E-state index contributed by atoms with van der Waals surface area (Å²) in [5.41, 5.74) is 2.28. The molecule has 0 atom stereocenters. The zero-order valence-corrected chi connectivity index (χ0v) is 20.9. The van der Waals surface area contributed by atoms with E-state index in [1.165, 1.54) is 0 Å². The first-order chi connectivity index (χ1) is 16.2. The van der Waals surface area contributed by atoms with Crippen LogP contribution in [0.4, 0.5) is 9.59 Å². The maximum absolute atomic E-state index is 12.5. The van der Waals surface area contributed by atoms with E-state index in [-0.39, 0.29) is 25.0 Å². The van der Waals surface area contributed by atoms with Crippen LogP contribution in [0.3, 0.4) is 0 Å². The smallest absolute Gasteiger partial charge is 0.434 e. The summed E-state index contributed by atoms with van der Waals surface area (Å²) in [6, 6.07) is 11.4. The van der Waals surface area contributed by atoms with Gasteiger partial charge in [0.1, 0.15) is 11.5 Å². The number of hydrogen-bond donors (Lipinski definition) is 0. The van der Waals surface area contributed by atoms with E-state index in [4.69, 9.17) is 18.9 Å². The number of carbonyl (C=O) groups excluding carboxylic acids is 2. The highest BCUT2D eigenvalue weighted by Crippen LogP contribution is 2.44. The van der Waals surface area contributed by atoms with Crippen molar-refractivity contribution in [3.63, 3.8) is 0 Å². The van der Waals surface area contributed by atoms with Gasteiger partial charge >= 0.3 is 12.3 Å². The zero-order valence-electron chi connectivity index (χ0n) is 20.9. The molecule has 0 saturated heterocycles. The van der Waals surface area contributed by atoms with Gasteiger partial charge in [-0.15, -0.1) is 0 Å². The quantitative estimate of drug-likeness (QED) is 0.195. The Morgan fingerprint density at radius 1 is 0.676 bits per heavy atom. The fraction of sp³-hybridized carbons (Fsp3) is 0.429. The van der Waals surface area contributed by atoms with E-state index >= 15 is 0 Å². The number of ether oxygens (including phenoxy) is 4. The topological polar surface area (TPSA) is 71.1 Å². The Balaban J connectivity index is 2.22. The molecule has 3 aromatic carbocycles. The van der Waals surface area contributed by atoms with Crippen molar-refractivity contribution < 1.29 is 28.5 Å². The van der Waals surface area contributed by atoms with E-state index in [0.717, 1.165) is 24.0 Å². The Hall–Kier alpha value is -3.28. The molecule has 34 heavy (non-hydrogen) atoms. The van der Waals surface area contributed by atoms with E-state index in [1.54, 1.807) is 0 Å². The maximum atomic E-state index is 12.5. The molecule has 0 aliphatic carbocycles. The largest absolute Gasteiger partial charge is 0.513 e. The third kappa shape index (κ3) is 5.79. The van der Waals surface area contributed by atoms with Crippen LogP contribution in [0.25, 0.3) is 21.5 Å². The standard InChI is InChI=1S/C28H34O6/c1-7-19-13-23-24(14-20(19)8-2)26(34-28(30)32-16-18(5)6)22-12-10-9-11-21(22)25(23)33-27(29)31-15-17(3)4/h9-14,17-18H,7-8,15-16H2,1-6H3. The molecule has 6 heteroatoms. The third-order valence-corrected chi connectivity index (χ3v) is 5.45. The molecule has 0 saturated carbocycles. The number of rotatable bonds is 8. The molecule has 0 heterocycles. The lowest BCUT2D eigenvalue weighted by atomic mass is 9.94. The van der Waals surface area contributed by atoms with Gasteiger partial charge in [0.25, 0.3) is 0 Å². The van der Waals surface area contributed by atoms with Crippen molar-refractivity contribution in [3.05, 3.63) is 47.5 Å². The van der Waals surface area contributed by atoms with Gasteiger partial charge in [0.05, 0.1) is 13.2 Å². The van der Waals surface area contributed by atoms with Gasteiger partial charge in [0.15, 0.2) is 0 Å². The van der Waals surface area contributed by atoms with E-state index in [9.17, 15) is 9.59 Å². The highest BCUT2D eigenvalue weighted by molar-refractivity contribution is 6.12. The number of fused-ring (bicyclic) bond motifs is 2. The van der Waals surface area contributed by atoms with Gasteiger partial charge in [0, 0.05) is 21.5 Å². The van der Waals surface area contributed by atoms with Crippen molar-refractivity contribution in [2.75, 3.05) is 13.2 Å². The second-order valence-corrected chi connectivity index (χ2v) is 9.19. The van der Waals surface area contributed by atoms with Gasteiger partial charge in [-0.05, 0) is 47.9 Å². The lowest BCUT2D eigenvalue weighted by molar-refractivity contribution is 0.0879. The van der Waals surface area contributed by atoms with E-state index in [0.29, 0.717) is 33.0 Å². The molecule has 0 fully saturated rings. The SMILES string of the molecule is CCc1cc2c(OC(=O)OCC(C)C)c3ccccc3c(OC(=O)OCC(C)C)c2cc1CC. The lowest BCUT2D eigenvalue weighted by Crippen LogP contribution is -2.16. The minimum Gasteiger partial charge on any atom is -0.434 e. The van der Waals surface area contributed by atoms with E-state index < -0.39 is 12.3 Å². The maximum Gasteiger partial charge on any atom is 0.513 e.